The van der Waals surface area contributed by atoms with Crippen LogP contribution in [0.15, 0.2) is 16.6 Å². The summed E-state index contributed by atoms with van der Waals surface area (Å²) in [6.45, 7) is 0. The molecule has 0 bridgehead atoms. The third-order valence-electron chi connectivity index (χ3n) is 2.39. The van der Waals surface area contributed by atoms with Gasteiger partial charge in [-0.05, 0) is 28.1 Å². The number of benzene rings is 1. The largest absolute Gasteiger partial charge is 0.495 e. The Morgan fingerprint density at radius 1 is 1.11 bits per heavy atom. The number of ketones is 1. The molecule has 1 rings (SSSR count). The summed E-state index contributed by atoms with van der Waals surface area (Å²) in [4.78, 5) is 12.1. The average Bonchev–Trinajstić information content (AvgIpc) is 2.39. The number of halogens is 1. The molecule has 0 saturated heterocycles. The van der Waals surface area contributed by atoms with E-state index in [4.69, 9.17) is 18.9 Å². The van der Waals surface area contributed by atoms with Crippen molar-refractivity contribution in [2.45, 2.75) is 6.29 Å². The highest BCUT2D eigenvalue weighted by Gasteiger charge is 2.25. The molecule has 0 heterocycles. The van der Waals surface area contributed by atoms with Gasteiger partial charge in [-0.2, -0.15) is 0 Å². The molecule has 0 aliphatic rings. The summed E-state index contributed by atoms with van der Waals surface area (Å²) in [6.07, 6.45) is -0.959. The van der Waals surface area contributed by atoms with Gasteiger partial charge in [-0.3, -0.25) is 4.79 Å². The predicted octanol–water partition coefficient (Wildman–Crippen LogP) is 2.27. The first-order valence-corrected chi connectivity index (χ1v) is 5.90. The molecular formula is C12H15BrO5. The molecule has 0 amide bonds. The monoisotopic (exact) mass is 318 g/mol. The molecule has 6 heteroatoms. The van der Waals surface area contributed by atoms with Crippen LogP contribution in [-0.4, -0.2) is 40.5 Å². The minimum Gasteiger partial charge on any atom is -0.495 e. The predicted molar refractivity (Wildman–Crippen MR) is 69.4 cm³/mol. The number of carbonyl (C=O) groups excluding carboxylic acids is 1. The number of carbonyl (C=O) groups is 1. The molecule has 18 heavy (non-hydrogen) atoms. The first kappa shape index (κ1) is 14.9. The third kappa shape index (κ3) is 2.82. The van der Waals surface area contributed by atoms with Gasteiger partial charge in [0, 0.05) is 14.2 Å². The minimum absolute atomic E-state index is 0.319. The molecule has 5 nitrogen and oxygen atoms in total. The van der Waals surface area contributed by atoms with Crippen molar-refractivity contribution in [2.24, 2.45) is 0 Å². The third-order valence-corrected chi connectivity index (χ3v) is 3.14. The highest BCUT2D eigenvalue weighted by atomic mass is 79.9. The Hall–Kier alpha value is -1.11. The van der Waals surface area contributed by atoms with Crippen LogP contribution in [0.2, 0.25) is 0 Å². The van der Waals surface area contributed by atoms with Gasteiger partial charge in [0.25, 0.3) is 0 Å². The van der Waals surface area contributed by atoms with Crippen LogP contribution in [0.1, 0.15) is 10.4 Å². The van der Waals surface area contributed by atoms with E-state index < -0.39 is 6.29 Å². The van der Waals surface area contributed by atoms with Crippen molar-refractivity contribution >= 4 is 21.7 Å². The summed E-state index contributed by atoms with van der Waals surface area (Å²) in [5, 5.41) is 0. The van der Waals surface area contributed by atoms with Gasteiger partial charge < -0.3 is 18.9 Å². The molecule has 0 atom stereocenters. The van der Waals surface area contributed by atoms with Crippen molar-refractivity contribution in [3.63, 3.8) is 0 Å². The second-order valence-electron chi connectivity index (χ2n) is 3.33. The number of Topliss-reactive ketones (excluding diaryl/α,β-unsaturated/α-hetero) is 1. The normalized spacial score (nSPS) is 10.6. The summed E-state index contributed by atoms with van der Waals surface area (Å²) >= 11 is 3.33. The van der Waals surface area contributed by atoms with E-state index in [1.165, 1.54) is 28.4 Å². The standard InChI is InChI=1S/C12H15BrO5/c1-15-8-6-5-7(11(16-2)9(8)13)10(14)12(17-3)18-4/h5-6,12H,1-4H3. The van der Waals surface area contributed by atoms with Crippen molar-refractivity contribution in [1.29, 1.82) is 0 Å². The zero-order valence-corrected chi connectivity index (χ0v) is 12.2. The molecule has 0 aliphatic carbocycles. The zero-order valence-electron chi connectivity index (χ0n) is 10.7. The van der Waals surface area contributed by atoms with Gasteiger partial charge in [0.2, 0.25) is 12.1 Å². The van der Waals surface area contributed by atoms with Crippen molar-refractivity contribution in [1.82, 2.24) is 0 Å². The fraction of sp³-hybridized carbons (Fsp3) is 0.417. The van der Waals surface area contributed by atoms with E-state index >= 15 is 0 Å². The number of methoxy groups -OCH3 is 4. The van der Waals surface area contributed by atoms with E-state index in [1.54, 1.807) is 12.1 Å². The van der Waals surface area contributed by atoms with E-state index in [0.717, 1.165) is 0 Å². The minimum atomic E-state index is -0.959. The quantitative estimate of drug-likeness (QED) is 0.595. The van der Waals surface area contributed by atoms with Crippen molar-refractivity contribution < 1.29 is 23.7 Å². The SMILES string of the molecule is COc1ccc(C(=O)C(OC)OC)c(OC)c1Br. The lowest BCUT2D eigenvalue weighted by Crippen LogP contribution is -2.25. The molecule has 0 saturated carbocycles. The van der Waals surface area contributed by atoms with Crippen molar-refractivity contribution in [3.05, 3.63) is 22.2 Å². The summed E-state index contributed by atoms with van der Waals surface area (Å²) < 4.78 is 20.8. The maximum absolute atomic E-state index is 12.1. The Morgan fingerprint density at radius 2 is 1.72 bits per heavy atom. The molecule has 0 unspecified atom stereocenters. The topological polar surface area (TPSA) is 54.0 Å². The van der Waals surface area contributed by atoms with E-state index in [1.807, 2.05) is 0 Å². The molecule has 100 valence electrons. The fourth-order valence-corrected chi connectivity index (χ4v) is 2.20. The van der Waals surface area contributed by atoms with Gasteiger partial charge in [0.1, 0.15) is 16.0 Å². The van der Waals surface area contributed by atoms with Gasteiger partial charge in [0.05, 0.1) is 19.8 Å². The molecule has 0 N–H and O–H groups in total. The summed E-state index contributed by atoms with van der Waals surface area (Å²) in [5.41, 5.74) is 0.360. The molecule has 1 aromatic carbocycles. The first-order valence-electron chi connectivity index (χ1n) is 5.11. The Labute approximate surface area is 114 Å². The van der Waals surface area contributed by atoms with Crippen molar-refractivity contribution in [3.8, 4) is 11.5 Å². The van der Waals surface area contributed by atoms with Crippen LogP contribution in [-0.2, 0) is 9.47 Å². The van der Waals surface area contributed by atoms with E-state index in [0.29, 0.717) is 21.5 Å². The van der Waals surface area contributed by atoms with Gasteiger partial charge >= 0.3 is 0 Å². The lowest BCUT2D eigenvalue weighted by molar-refractivity contribution is -0.0743. The van der Waals surface area contributed by atoms with Crippen LogP contribution in [0, 0.1) is 0 Å². The summed E-state index contributed by atoms with van der Waals surface area (Å²) in [7, 11) is 5.81. The lowest BCUT2D eigenvalue weighted by atomic mass is 10.1. The van der Waals surface area contributed by atoms with Gasteiger partial charge in [0.15, 0.2) is 0 Å². The second kappa shape index (κ2) is 6.72. The Morgan fingerprint density at radius 3 is 2.17 bits per heavy atom. The average molecular weight is 319 g/mol. The van der Waals surface area contributed by atoms with Gasteiger partial charge in [-0.25, -0.2) is 0 Å². The van der Waals surface area contributed by atoms with E-state index in [9.17, 15) is 4.79 Å². The van der Waals surface area contributed by atoms with E-state index in [-0.39, 0.29) is 5.78 Å². The van der Waals surface area contributed by atoms with Gasteiger partial charge in [-0.15, -0.1) is 0 Å². The summed E-state index contributed by atoms with van der Waals surface area (Å²) in [5.74, 6) is 0.647. The maximum Gasteiger partial charge on any atom is 0.222 e. The first-order chi connectivity index (χ1) is 8.60. The molecule has 1 aromatic rings. The molecule has 0 radical (unpaired) electrons. The molecule has 0 spiro atoms. The van der Waals surface area contributed by atoms with Crippen LogP contribution >= 0.6 is 15.9 Å². The second-order valence-corrected chi connectivity index (χ2v) is 4.12. The number of hydrogen-bond donors (Lipinski definition) is 0. The van der Waals surface area contributed by atoms with E-state index in [2.05, 4.69) is 15.9 Å². The fourth-order valence-electron chi connectivity index (χ4n) is 1.53. The Balaban J connectivity index is 3.24. The molecule has 0 aromatic heterocycles. The maximum atomic E-state index is 12.1. The van der Waals surface area contributed by atoms with Crippen LogP contribution < -0.4 is 9.47 Å². The number of ether oxygens (including phenoxy) is 4. The van der Waals surface area contributed by atoms with Crippen LogP contribution in [0.4, 0.5) is 0 Å². The molecule has 0 fully saturated rings. The number of rotatable bonds is 6. The highest BCUT2D eigenvalue weighted by molar-refractivity contribution is 9.10. The molecular weight excluding hydrogens is 304 g/mol. The van der Waals surface area contributed by atoms with Crippen LogP contribution in [0.25, 0.3) is 0 Å². The smallest absolute Gasteiger partial charge is 0.222 e. The Kier molecular flexibility index (Phi) is 5.58. The van der Waals surface area contributed by atoms with Gasteiger partial charge in [-0.1, -0.05) is 0 Å². The Bertz CT molecular complexity index is 429. The number of hydrogen-bond acceptors (Lipinski definition) is 5. The lowest BCUT2D eigenvalue weighted by Gasteiger charge is -2.16. The zero-order chi connectivity index (χ0) is 13.7. The molecule has 0 aliphatic heterocycles. The highest BCUT2D eigenvalue weighted by Crippen LogP contribution is 2.37. The van der Waals surface area contributed by atoms with Crippen LogP contribution in [0.5, 0.6) is 11.5 Å². The van der Waals surface area contributed by atoms with Crippen LogP contribution in [0.3, 0.4) is 0 Å². The van der Waals surface area contributed by atoms with Crippen molar-refractivity contribution in [2.75, 3.05) is 28.4 Å². The summed E-state index contributed by atoms with van der Waals surface area (Å²) in [6, 6.07) is 3.28.